The SMILES string of the molecule is CNC(=O)c1ccc(C)c(NC2CCS(=O)(=O)CC2)c1. The second kappa shape index (κ2) is 5.83. The van der Waals surface area contributed by atoms with E-state index in [4.69, 9.17) is 0 Å². The third-order valence-corrected chi connectivity index (χ3v) is 5.36. The molecule has 1 aromatic rings. The Hall–Kier alpha value is -1.56. The Balaban J connectivity index is 2.11. The van der Waals surface area contributed by atoms with Crippen molar-refractivity contribution in [3.63, 3.8) is 0 Å². The first-order valence-electron chi connectivity index (χ1n) is 6.71. The van der Waals surface area contributed by atoms with Crippen LogP contribution in [0.3, 0.4) is 0 Å². The van der Waals surface area contributed by atoms with Crippen molar-refractivity contribution < 1.29 is 13.2 Å². The van der Waals surface area contributed by atoms with Crippen molar-refractivity contribution in [2.75, 3.05) is 23.9 Å². The van der Waals surface area contributed by atoms with Crippen LogP contribution < -0.4 is 10.6 Å². The molecule has 0 atom stereocenters. The molecule has 110 valence electrons. The monoisotopic (exact) mass is 296 g/mol. The average Bonchev–Trinajstić information content (AvgIpc) is 2.42. The Kier molecular flexibility index (Phi) is 4.32. The minimum Gasteiger partial charge on any atom is -0.382 e. The second-order valence-electron chi connectivity index (χ2n) is 5.18. The van der Waals surface area contributed by atoms with Crippen molar-refractivity contribution in [1.29, 1.82) is 0 Å². The van der Waals surface area contributed by atoms with Crippen LogP contribution >= 0.6 is 0 Å². The van der Waals surface area contributed by atoms with E-state index in [2.05, 4.69) is 10.6 Å². The normalized spacial score (nSPS) is 18.5. The number of amides is 1. The van der Waals surface area contributed by atoms with E-state index in [9.17, 15) is 13.2 Å². The maximum atomic E-state index is 11.6. The number of carbonyl (C=O) groups is 1. The van der Waals surface area contributed by atoms with Gasteiger partial charge in [0.25, 0.3) is 5.91 Å². The standard InChI is InChI=1S/C14H20N2O3S/c1-10-3-4-11(14(17)15-2)9-13(10)16-12-5-7-20(18,19)8-6-12/h3-4,9,12,16H,5-8H2,1-2H3,(H,15,17). The van der Waals surface area contributed by atoms with Crippen LogP contribution in [0.25, 0.3) is 0 Å². The van der Waals surface area contributed by atoms with Crippen molar-refractivity contribution in [2.24, 2.45) is 0 Å². The number of carbonyl (C=O) groups excluding carboxylic acids is 1. The molecule has 1 amide bonds. The number of nitrogens with one attached hydrogen (secondary N) is 2. The van der Waals surface area contributed by atoms with Gasteiger partial charge in [-0.15, -0.1) is 0 Å². The molecule has 20 heavy (non-hydrogen) atoms. The molecule has 0 saturated carbocycles. The van der Waals surface area contributed by atoms with Gasteiger partial charge in [-0.1, -0.05) is 6.07 Å². The highest BCUT2D eigenvalue weighted by Gasteiger charge is 2.23. The van der Waals surface area contributed by atoms with E-state index in [1.807, 2.05) is 19.1 Å². The predicted octanol–water partition coefficient (Wildman–Crippen LogP) is 1.34. The van der Waals surface area contributed by atoms with Crippen LogP contribution in [0.15, 0.2) is 18.2 Å². The van der Waals surface area contributed by atoms with E-state index >= 15 is 0 Å². The molecule has 1 heterocycles. The zero-order chi connectivity index (χ0) is 14.8. The van der Waals surface area contributed by atoms with Crippen molar-refractivity contribution in [2.45, 2.75) is 25.8 Å². The van der Waals surface area contributed by atoms with Gasteiger partial charge in [-0.2, -0.15) is 0 Å². The number of hydrogen-bond acceptors (Lipinski definition) is 4. The van der Waals surface area contributed by atoms with Crippen molar-refractivity contribution >= 4 is 21.4 Å². The Bertz CT molecular complexity index is 597. The third-order valence-electron chi connectivity index (χ3n) is 3.64. The lowest BCUT2D eigenvalue weighted by Crippen LogP contribution is -2.32. The molecule has 1 aromatic carbocycles. The van der Waals surface area contributed by atoms with Gasteiger partial charge in [0.2, 0.25) is 0 Å². The molecule has 0 radical (unpaired) electrons. The fraction of sp³-hybridized carbons (Fsp3) is 0.500. The Morgan fingerprint density at radius 2 is 1.90 bits per heavy atom. The van der Waals surface area contributed by atoms with Gasteiger partial charge in [0.05, 0.1) is 11.5 Å². The summed E-state index contributed by atoms with van der Waals surface area (Å²) in [7, 11) is -1.25. The van der Waals surface area contributed by atoms with Crippen molar-refractivity contribution in [3.8, 4) is 0 Å². The van der Waals surface area contributed by atoms with Crippen LogP contribution in [0, 0.1) is 6.92 Å². The molecule has 1 saturated heterocycles. The first kappa shape index (κ1) is 14.8. The summed E-state index contributed by atoms with van der Waals surface area (Å²) in [5, 5.41) is 5.96. The molecular formula is C14H20N2O3S. The zero-order valence-corrected chi connectivity index (χ0v) is 12.6. The van der Waals surface area contributed by atoms with Crippen LogP contribution in [-0.4, -0.2) is 38.9 Å². The third kappa shape index (κ3) is 3.50. The highest BCUT2D eigenvalue weighted by molar-refractivity contribution is 7.91. The van der Waals surface area contributed by atoms with Crippen LogP contribution in [0.2, 0.25) is 0 Å². The summed E-state index contributed by atoms with van der Waals surface area (Å²) in [6.45, 7) is 1.97. The smallest absolute Gasteiger partial charge is 0.251 e. The molecule has 0 spiro atoms. The summed E-state index contributed by atoms with van der Waals surface area (Å²) in [6, 6.07) is 5.64. The molecule has 6 heteroatoms. The van der Waals surface area contributed by atoms with Crippen LogP contribution in [0.5, 0.6) is 0 Å². The van der Waals surface area contributed by atoms with Crippen LogP contribution in [0.1, 0.15) is 28.8 Å². The summed E-state index contributed by atoms with van der Waals surface area (Å²) >= 11 is 0. The Labute approximate surface area is 119 Å². The summed E-state index contributed by atoms with van der Waals surface area (Å²) in [4.78, 5) is 11.6. The first-order valence-corrected chi connectivity index (χ1v) is 8.53. The van der Waals surface area contributed by atoms with Gasteiger partial charge in [0.15, 0.2) is 0 Å². The number of benzene rings is 1. The van der Waals surface area contributed by atoms with Gasteiger partial charge in [0, 0.05) is 24.3 Å². The van der Waals surface area contributed by atoms with E-state index in [0.29, 0.717) is 18.4 Å². The number of hydrogen-bond donors (Lipinski definition) is 2. The van der Waals surface area contributed by atoms with Gasteiger partial charge in [0.1, 0.15) is 9.84 Å². The number of aryl methyl sites for hydroxylation is 1. The zero-order valence-electron chi connectivity index (χ0n) is 11.8. The topological polar surface area (TPSA) is 75.3 Å². The molecule has 0 aliphatic carbocycles. The van der Waals surface area contributed by atoms with Crippen molar-refractivity contribution in [1.82, 2.24) is 5.32 Å². The van der Waals surface area contributed by atoms with Gasteiger partial charge < -0.3 is 10.6 Å². The van der Waals surface area contributed by atoms with E-state index in [0.717, 1.165) is 11.3 Å². The average molecular weight is 296 g/mol. The molecular weight excluding hydrogens is 276 g/mol. The van der Waals surface area contributed by atoms with Gasteiger partial charge in [-0.3, -0.25) is 4.79 Å². The van der Waals surface area contributed by atoms with Gasteiger partial charge in [-0.25, -0.2) is 8.42 Å². The minimum absolute atomic E-state index is 0.126. The second-order valence-corrected chi connectivity index (χ2v) is 7.48. The summed E-state index contributed by atoms with van der Waals surface area (Å²) < 4.78 is 22.8. The predicted molar refractivity (Wildman–Crippen MR) is 79.9 cm³/mol. The molecule has 1 fully saturated rings. The molecule has 0 unspecified atom stereocenters. The molecule has 0 bridgehead atoms. The van der Waals surface area contributed by atoms with E-state index in [1.165, 1.54) is 0 Å². The summed E-state index contributed by atoms with van der Waals surface area (Å²) in [5.41, 5.74) is 2.55. The lowest BCUT2D eigenvalue weighted by Gasteiger charge is -2.25. The molecule has 1 aliphatic heterocycles. The van der Waals surface area contributed by atoms with E-state index in [-0.39, 0.29) is 23.5 Å². The summed E-state index contributed by atoms with van der Waals surface area (Å²) in [5.74, 6) is 0.344. The number of anilines is 1. The lowest BCUT2D eigenvalue weighted by atomic mass is 10.1. The van der Waals surface area contributed by atoms with E-state index in [1.54, 1.807) is 13.1 Å². The Morgan fingerprint density at radius 1 is 1.25 bits per heavy atom. The maximum Gasteiger partial charge on any atom is 0.251 e. The number of rotatable bonds is 3. The van der Waals surface area contributed by atoms with Crippen LogP contribution in [0.4, 0.5) is 5.69 Å². The molecule has 2 rings (SSSR count). The fourth-order valence-electron chi connectivity index (χ4n) is 2.32. The quantitative estimate of drug-likeness (QED) is 0.882. The highest BCUT2D eigenvalue weighted by atomic mass is 32.2. The molecule has 2 N–H and O–H groups in total. The maximum absolute atomic E-state index is 11.6. The highest BCUT2D eigenvalue weighted by Crippen LogP contribution is 2.22. The minimum atomic E-state index is -2.85. The van der Waals surface area contributed by atoms with Gasteiger partial charge in [-0.05, 0) is 37.5 Å². The fourth-order valence-corrected chi connectivity index (χ4v) is 3.81. The molecule has 5 nitrogen and oxygen atoms in total. The largest absolute Gasteiger partial charge is 0.382 e. The van der Waals surface area contributed by atoms with Crippen LogP contribution in [-0.2, 0) is 9.84 Å². The van der Waals surface area contributed by atoms with Crippen molar-refractivity contribution in [3.05, 3.63) is 29.3 Å². The number of sulfone groups is 1. The molecule has 0 aromatic heterocycles. The lowest BCUT2D eigenvalue weighted by molar-refractivity contribution is 0.0963. The first-order chi connectivity index (χ1) is 9.41. The van der Waals surface area contributed by atoms with Gasteiger partial charge >= 0.3 is 0 Å². The molecule has 1 aliphatic rings. The Morgan fingerprint density at radius 3 is 2.50 bits per heavy atom. The van der Waals surface area contributed by atoms with E-state index < -0.39 is 9.84 Å². The summed E-state index contributed by atoms with van der Waals surface area (Å²) in [6.07, 6.45) is 1.23.